The van der Waals surface area contributed by atoms with Gasteiger partial charge >= 0.3 is 0 Å². The van der Waals surface area contributed by atoms with Gasteiger partial charge in [0.25, 0.3) is 0 Å². The van der Waals surface area contributed by atoms with E-state index in [0.29, 0.717) is 22.8 Å². The minimum atomic E-state index is 0.218. The van der Waals surface area contributed by atoms with Gasteiger partial charge in [-0.25, -0.2) is 15.0 Å². The first-order valence-electron chi connectivity index (χ1n) is 10.5. The average Bonchev–Trinajstić information content (AvgIpc) is 3.13. The molecule has 2 fully saturated rings. The van der Waals surface area contributed by atoms with Gasteiger partial charge in [-0.05, 0) is 55.7 Å². The largest absolute Gasteiger partial charge is 0.376 e. The summed E-state index contributed by atoms with van der Waals surface area (Å²) in [7, 11) is 0. The zero-order chi connectivity index (χ0) is 20.6. The molecule has 0 unspecified atom stereocenters. The lowest BCUT2D eigenvalue weighted by Gasteiger charge is -2.22. The molecular formula is C20H27N7OS2. The SMILES string of the molecule is S=C(NC[C@@H]1CCCO1)Nc1nc(Sc2ncccn2)cc(N2CCCCCC2)n1. The number of nitrogens with zero attached hydrogens (tertiary/aromatic N) is 5. The van der Waals surface area contributed by atoms with Crippen LogP contribution in [0.5, 0.6) is 0 Å². The predicted octanol–water partition coefficient (Wildman–Crippen LogP) is 3.26. The van der Waals surface area contributed by atoms with Crippen LogP contribution in [0, 0.1) is 0 Å². The van der Waals surface area contributed by atoms with Crippen molar-refractivity contribution in [2.45, 2.75) is 54.8 Å². The lowest BCUT2D eigenvalue weighted by molar-refractivity contribution is 0.114. The van der Waals surface area contributed by atoms with E-state index in [1.54, 1.807) is 18.5 Å². The first kappa shape index (κ1) is 21.2. The van der Waals surface area contributed by atoms with Crippen LogP contribution in [-0.4, -0.2) is 57.4 Å². The van der Waals surface area contributed by atoms with E-state index in [4.69, 9.17) is 21.9 Å². The van der Waals surface area contributed by atoms with Crippen molar-refractivity contribution >= 4 is 40.9 Å². The van der Waals surface area contributed by atoms with Gasteiger partial charge in [-0.15, -0.1) is 0 Å². The van der Waals surface area contributed by atoms with E-state index in [9.17, 15) is 0 Å². The molecule has 0 aliphatic carbocycles. The molecule has 2 aliphatic heterocycles. The zero-order valence-corrected chi connectivity index (χ0v) is 18.6. The van der Waals surface area contributed by atoms with Gasteiger partial charge in [-0.1, -0.05) is 12.8 Å². The Balaban J connectivity index is 1.49. The molecule has 0 aromatic carbocycles. The Morgan fingerprint density at radius 2 is 1.93 bits per heavy atom. The zero-order valence-electron chi connectivity index (χ0n) is 16.9. The summed E-state index contributed by atoms with van der Waals surface area (Å²) in [6, 6.07) is 3.82. The summed E-state index contributed by atoms with van der Waals surface area (Å²) >= 11 is 6.88. The number of ether oxygens (including phenoxy) is 1. The molecule has 0 amide bonds. The van der Waals surface area contributed by atoms with Crippen LogP contribution in [0.15, 0.2) is 34.7 Å². The van der Waals surface area contributed by atoms with Crippen LogP contribution in [0.4, 0.5) is 11.8 Å². The van der Waals surface area contributed by atoms with Crippen molar-refractivity contribution in [2.24, 2.45) is 0 Å². The molecule has 2 N–H and O–H groups in total. The number of hydrogen-bond donors (Lipinski definition) is 2. The Bertz CT molecular complexity index is 825. The Morgan fingerprint density at radius 1 is 1.13 bits per heavy atom. The van der Waals surface area contributed by atoms with Crippen molar-refractivity contribution in [1.82, 2.24) is 25.3 Å². The average molecular weight is 446 g/mol. The minimum Gasteiger partial charge on any atom is -0.376 e. The lowest BCUT2D eigenvalue weighted by atomic mass is 10.2. The van der Waals surface area contributed by atoms with Gasteiger partial charge < -0.3 is 20.3 Å². The monoisotopic (exact) mass is 445 g/mol. The van der Waals surface area contributed by atoms with Crippen LogP contribution >= 0.6 is 24.0 Å². The predicted molar refractivity (Wildman–Crippen MR) is 122 cm³/mol. The highest BCUT2D eigenvalue weighted by Crippen LogP contribution is 2.28. The van der Waals surface area contributed by atoms with Crippen LogP contribution < -0.4 is 15.5 Å². The molecule has 2 saturated heterocycles. The summed E-state index contributed by atoms with van der Waals surface area (Å²) in [4.78, 5) is 20.3. The van der Waals surface area contributed by atoms with Crippen molar-refractivity contribution in [3.05, 3.63) is 24.5 Å². The highest BCUT2D eigenvalue weighted by molar-refractivity contribution is 7.99. The summed E-state index contributed by atoms with van der Waals surface area (Å²) in [6.07, 6.45) is 10.7. The molecule has 8 nitrogen and oxygen atoms in total. The standard InChI is InChI=1S/C20H27N7OS2/c29-19(23-14-15-7-5-12-28-15)26-18-24-16(27-10-3-1-2-4-11-27)13-17(25-18)30-20-21-8-6-9-22-20/h6,8-9,13,15H,1-5,7,10-12,14H2,(H2,23,24,25,26,29)/t15-/m0/s1. The summed E-state index contributed by atoms with van der Waals surface area (Å²) in [5, 5.41) is 8.32. The number of nitrogens with one attached hydrogen (secondary N) is 2. The minimum absolute atomic E-state index is 0.218. The molecule has 10 heteroatoms. The Hall–Kier alpha value is -2.04. The fourth-order valence-corrected chi connectivity index (χ4v) is 4.46. The van der Waals surface area contributed by atoms with Gasteiger partial charge in [0.15, 0.2) is 10.3 Å². The van der Waals surface area contributed by atoms with Gasteiger partial charge in [0.2, 0.25) is 5.95 Å². The number of aromatic nitrogens is 4. The van der Waals surface area contributed by atoms with E-state index in [0.717, 1.165) is 43.4 Å². The molecule has 1 atom stereocenters. The Morgan fingerprint density at radius 3 is 2.67 bits per heavy atom. The van der Waals surface area contributed by atoms with Crippen LogP contribution in [-0.2, 0) is 4.74 Å². The summed E-state index contributed by atoms with van der Waals surface area (Å²) in [6.45, 7) is 3.53. The molecule has 4 heterocycles. The maximum absolute atomic E-state index is 5.64. The lowest BCUT2D eigenvalue weighted by Crippen LogP contribution is -2.35. The third-order valence-electron chi connectivity index (χ3n) is 5.10. The quantitative estimate of drug-likeness (QED) is 0.392. The molecule has 160 valence electrons. The fraction of sp³-hybridized carbons (Fsp3) is 0.550. The van der Waals surface area contributed by atoms with Crippen molar-refractivity contribution in [1.29, 1.82) is 0 Å². The van der Waals surface area contributed by atoms with Crippen LogP contribution in [0.3, 0.4) is 0 Å². The second kappa shape index (κ2) is 10.8. The van der Waals surface area contributed by atoms with E-state index in [1.807, 2.05) is 6.07 Å². The van der Waals surface area contributed by atoms with Gasteiger partial charge in [0, 0.05) is 44.7 Å². The summed E-state index contributed by atoms with van der Waals surface area (Å²) < 4.78 is 5.64. The van der Waals surface area contributed by atoms with Crippen molar-refractivity contribution < 1.29 is 4.74 Å². The highest BCUT2D eigenvalue weighted by Gasteiger charge is 2.17. The normalized spacial score (nSPS) is 19.3. The molecule has 4 rings (SSSR count). The third kappa shape index (κ3) is 6.23. The second-order valence-corrected chi connectivity index (χ2v) is 8.79. The van der Waals surface area contributed by atoms with Gasteiger partial charge in [0.05, 0.1) is 6.10 Å². The van der Waals surface area contributed by atoms with Crippen LogP contribution in [0.25, 0.3) is 0 Å². The summed E-state index contributed by atoms with van der Waals surface area (Å²) in [5.41, 5.74) is 0. The molecule has 2 aromatic heterocycles. The van der Waals surface area contributed by atoms with Crippen LogP contribution in [0.2, 0.25) is 0 Å². The summed E-state index contributed by atoms with van der Waals surface area (Å²) in [5.74, 6) is 1.40. The maximum atomic E-state index is 5.64. The maximum Gasteiger partial charge on any atom is 0.232 e. The number of hydrogen-bond acceptors (Lipinski definition) is 8. The number of thiocarbonyl (C=S) groups is 1. The number of rotatable bonds is 6. The fourth-order valence-electron chi connectivity index (χ4n) is 3.57. The second-order valence-electron chi connectivity index (χ2n) is 7.39. The Labute approximate surface area is 186 Å². The molecule has 0 bridgehead atoms. The molecule has 0 radical (unpaired) electrons. The molecule has 2 aromatic rings. The molecule has 30 heavy (non-hydrogen) atoms. The topological polar surface area (TPSA) is 88.1 Å². The van der Waals surface area contributed by atoms with Crippen molar-refractivity contribution in [3.8, 4) is 0 Å². The first-order chi connectivity index (χ1) is 14.8. The van der Waals surface area contributed by atoms with Crippen molar-refractivity contribution in [3.63, 3.8) is 0 Å². The molecule has 0 saturated carbocycles. The van der Waals surface area contributed by atoms with Gasteiger partial charge in [-0.2, -0.15) is 4.98 Å². The van der Waals surface area contributed by atoms with Gasteiger partial charge in [0.1, 0.15) is 10.8 Å². The smallest absolute Gasteiger partial charge is 0.232 e. The van der Waals surface area contributed by atoms with Gasteiger partial charge in [-0.3, -0.25) is 0 Å². The van der Waals surface area contributed by atoms with Crippen LogP contribution in [0.1, 0.15) is 38.5 Å². The van der Waals surface area contributed by atoms with E-state index < -0.39 is 0 Å². The van der Waals surface area contributed by atoms with E-state index in [2.05, 4.69) is 30.5 Å². The van der Waals surface area contributed by atoms with E-state index in [-0.39, 0.29) is 6.10 Å². The van der Waals surface area contributed by atoms with E-state index in [1.165, 1.54) is 37.4 Å². The molecule has 2 aliphatic rings. The highest BCUT2D eigenvalue weighted by atomic mass is 32.2. The Kier molecular flexibility index (Phi) is 7.65. The number of anilines is 2. The third-order valence-corrected chi connectivity index (χ3v) is 6.15. The molecule has 0 spiro atoms. The molecular weight excluding hydrogens is 418 g/mol. The van der Waals surface area contributed by atoms with E-state index >= 15 is 0 Å². The first-order valence-corrected chi connectivity index (χ1v) is 11.7. The van der Waals surface area contributed by atoms with Crippen molar-refractivity contribution in [2.75, 3.05) is 36.5 Å².